The molecule has 10 heavy (non-hydrogen) atoms. The van der Waals surface area contributed by atoms with Gasteiger partial charge in [0.05, 0.1) is 0 Å². The number of nitrogens with two attached hydrogens (primary N) is 1. The van der Waals surface area contributed by atoms with Crippen LogP contribution in [0.4, 0.5) is 0 Å². The van der Waals surface area contributed by atoms with Gasteiger partial charge in [-0.1, -0.05) is 28.1 Å². The van der Waals surface area contributed by atoms with Crippen molar-refractivity contribution >= 4 is 32.9 Å². The van der Waals surface area contributed by atoms with Gasteiger partial charge in [0.2, 0.25) is 0 Å². The van der Waals surface area contributed by atoms with E-state index in [0.29, 0.717) is 6.54 Å². The molecule has 0 aliphatic carbocycles. The Morgan fingerprint density at radius 2 is 2.10 bits per heavy atom. The summed E-state index contributed by atoms with van der Waals surface area (Å²) in [6.07, 6.45) is 0. The van der Waals surface area contributed by atoms with E-state index in [0.717, 1.165) is 10.0 Å². The van der Waals surface area contributed by atoms with Gasteiger partial charge in [-0.15, -0.1) is 17.0 Å². The predicted molar refractivity (Wildman–Crippen MR) is 52.4 cm³/mol. The van der Waals surface area contributed by atoms with Crippen molar-refractivity contribution in [3.05, 3.63) is 34.3 Å². The van der Waals surface area contributed by atoms with E-state index in [1.165, 1.54) is 0 Å². The fraction of sp³-hybridized carbons (Fsp3) is 0.143. The number of benzene rings is 1. The smallest absolute Gasteiger partial charge is 0.0178 e. The van der Waals surface area contributed by atoms with Crippen molar-refractivity contribution in [1.29, 1.82) is 0 Å². The third-order valence-electron chi connectivity index (χ3n) is 1.12. The maximum absolute atomic E-state index is 5.40. The first-order chi connectivity index (χ1) is 4.33. The van der Waals surface area contributed by atoms with Crippen LogP contribution >= 0.6 is 32.9 Å². The van der Waals surface area contributed by atoms with Gasteiger partial charge in [-0.3, -0.25) is 0 Å². The third kappa shape index (κ3) is 2.82. The molecule has 3 heteroatoms. The summed E-state index contributed by atoms with van der Waals surface area (Å²) in [7, 11) is 0. The van der Waals surface area contributed by atoms with E-state index < -0.39 is 0 Å². The Morgan fingerprint density at radius 1 is 1.40 bits per heavy atom. The Hall–Kier alpha value is 0.140. The van der Waals surface area contributed by atoms with Crippen LogP contribution in [0, 0.1) is 0 Å². The van der Waals surface area contributed by atoms with Gasteiger partial charge in [-0.2, -0.15) is 0 Å². The van der Waals surface area contributed by atoms with Gasteiger partial charge < -0.3 is 5.73 Å². The minimum Gasteiger partial charge on any atom is -0.326 e. The predicted octanol–water partition coefficient (Wildman–Crippen LogP) is 2.49. The highest BCUT2D eigenvalue weighted by Gasteiger charge is 1.87. The summed E-state index contributed by atoms with van der Waals surface area (Å²) in [5, 5.41) is 0. The molecule has 1 nitrogen and oxygen atoms in total. The maximum Gasteiger partial charge on any atom is 0.0178 e. The van der Waals surface area contributed by atoms with Crippen molar-refractivity contribution in [2.45, 2.75) is 6.54 Å². The molecule has 1 rings (SSSR count). The van der Waals surface area contributed by atoms with Crippen molar-refractivity contribution in [1.82, 2.24) is 0 Å². The molecule has 0 saturated carbocycles. The van der Waals surface area contributed by atoms with Gasteiger partial charge >= 0.3 is 0 Å². The van der Waals surface area contributed by atoms with Crippen LogP contribution in [0.3, 0.4) is 0 Å². The van der Waals surface area contributed by atoms with Gasteiger partial charge in [0.1, 0.15) is 0 Å². The Bertz CT molecular complexity index is 201. The first-order valence-electron chi connectivity index (χ1n) is 2.77. The Labute approximate surface area is 79.5 Å². The SMILES string of the molecule is Br.NCc1cccc(Br)c1. The van der Waals surface area contributed by atoms with E-state index >= 15 is 0 Å². The molecule has 1 aromatic rings. The van der Waals surface area contributed by atoms with Gasteiger partial charge in [0.15, 0.2) is 0 Å². The lowest BCUT2D eigenvalue weighted by molar-refractivity contribution is 1.07. The van der Waals surface area contributed by atoms with E-state index in [1.54, 1.807) is 0 Å². The zero-order valence-electron chi connectivity index (χ0n) is 5.38. The van der Waals surface area contributed by atoms with Crippen molar-refractivity contribution in [2.75, 3.05) is 0 Å². The van der Waals surface area contributed by atoms with Crippen LogP contribution in [0.15, 0.2) is 28.7 Å². The van der Waals surface area contributed by atoms with Crippen molar-refractivity contribution in [3.63, 3.8) is 0 Å². The molecule has 0 atom stereocenters. The van der Waals surface area contributed by atoms with E-state index in [4.69, 9.17) is 5.73 Å². The van der Waals surface area contributed by atoms with Crippen LogP contribution in [0.2, 0.25) is 0 Å². The van der Waals surface area contributed by atoms with Gasteiger partial charge in [0.25, 0.3) is 0 Å². The van der Waals surface area contributed by atoms with Crippen LogP contribution in [-0.2, 0) is 6.54 Å². The van der Waals surface area contributed by atoms with Crippen molar-refractivity contribution in [2.24, 2.45) is 5.73 Å². The summed E-state index contributed by atoms with van der Waals surface area (Å²) in [5.74, 6) is 0. The summed E-state index contributed by atoms with van der Waals surface area (Å²) in [6, 6.07) is 7.98. The highest BCUT2D eigenvalue weighted by Crippen LogP contribution is 2.10. The van der Waals surface area contributed by atoms with Crippen LogP contribution in [0.1, 0.15) is 5.56 Å². The quantitative estimate of drug-likeness (QED) is 0.831. The summed E-state index contributed by atoms with van der Waals surface area (Å²) >= 11 is 3.35. The largest absolute Gasteiger partial charge is 0.326 e. The number of rotatable bonds is 1. The molecule has 0 spiro atoms. The van der Waals surface area contributed by atoms with Gasteiger partial charge in [-0.25, -0.2) is 0 Å². The van der Waals surface area contributed by atoms with Crippen LogP contribution in [0.25, 0.3) is 0 Å². The maximum atomic E-state index is 5.40. The number of hydrogen-bond donors (Lipinski definition) is 1. The molecular formula is C7H9Br2N. The Morgan fingerprint density at radius 3 is 2.50 bits per heavy atom. The summed E-state index contributed by atoms with van der Waals surface area (Å²) in [4.78, 5) is 0. The van der Waals surface area contributed by atoms with Gasteiger partial charge in [0, 0.05) is 11.0 Å². The molecule has 0 amide bonds. The summed E-state index contributed by atoms with van der Waals surface area (Å²) in [6.45, 7) is 0.611. The fourth-order valence-corrected chi connectivity index (χ4v) is 1.11. The second-order valence-electron chi connectivity index (χ2n) is 1.83. The Balaban J connectivity index is 0.000000810. The number of hydrogen-bond acceptors (Lipinski definition) is 1. The second-order valence-corrected chi connectivity index (χ2v) is 2.75. The zero-order valence-corrected chi connectivity index (χ0v) is 8.68. The zero-order chi connectivity index (χ0) is 6.69. The molecule has 0 aliphatic heterocycles. The molecule has 0 fully saturated rings. The highest BCUT2D eigenvalue weighted by atomic mass is 79.9. The summed E-state index contributed by atoms with van der Waals surface area (Å²) in [5.41, 5.74) is 6.55. The third-order valence-corrected chi connectivity index (χ3v) is 1.62. The molecule has 0 saturated heterocycles. The fourth-order valence-electron chi connectivity index (χ4n) is 0.664. The van der Waals surface area contributed by atoms with E-state index in [1.807, 2.05) is 24.3 Å². The van der Waals surface area contributed by atoms with Gasteiger partial charge in [-0.05, 0) is 17.7 Å². The van der Waals surface area contributed by atoms with Crippen molar-refractivity contribution in [3.8, 4) is 0 Å². The molecule has 0 bridgehead atoms. The lowest BCUT2D eigenvalue weighted by atomic mass is 10.2. The lowest BCUT2D eigenvalue weighted by Crippen LogP contribution is -1.94. The molecule has 56 valence electrons. The first-order valence-corrected chi connectivity index (χ1v) is 3.57. The lowest BCUT2D eigenvalue weighted by Gasteiger charge is -1.94. The minimum atomic E-state index is 0. The molecule has 0 heterocycles. The first kappa shape index (κ1) is 10.1. The highest BCUT2D eigenvalue weighted by molar-refractivity contribution is 9.10. The molecule has 0 radical (unpaired) electrons. The van der Waals surface area contributed by atoms with E-state index in [9.17, 15) is 0 Å². The van der Waals surface area contributed by atoms with Crippen LogP contribution in [-0.4, -0.2) is 0 Å². The normalized spacial score (nSPS) is 8.60. The molecule has 0 unspecified atom stereocenters. The average molecular weight is 267 g/mol. The summed E-state index contributed by atoms with van der Waals surface area (Å²) < 4.78 is 1.09. The second kappa shape index (κ2) is 4.88. The standard InChI is InChI=1S/C7H8BrN.BrH/c8-7-3-1-2-6(4-7)5-9;/h1-4H,5,9H2;1H. The molecule has 0 aromatic heterocycles. The van der Waals surface area contributed by atoms with E-state index in [2.05, 4.69) is 15.9 Å². The minimum absolute atomic E-state index is 0. The average Bonchev–Trinajstić information content (AvgIpc) is 1.88. The molecular weight excluding hydrogens is 258 g/mol. The Kier molecular flexibility index (Phi) is 4.95. The van der Waals surface area contributed by atoms with Crippen LogP contribution < -0.4 is 5.73 Å². The number of halogens is 2. The molecule has 0 aliphatic rings. The topological polar surface area (TPSA) is 26.0 Å². The monoisotopic (exact) mass is 265 g/mol. The van der Waals surface area contributed by atoms with Crippen molar-refractivity contribution < 1.29 is 0 Å². The van der Waals surface area contributed by atoms with Crippen LogP contribution in [0.5, 0.6) is 0 Å². The van der Waals surface area contributed by atoms with E-state index in [-0.39, 0.29) is 17.0 Å². The molecule has 1 aromatic carbocycles. The molecule has 2 N–H and O–H groups in total.